The molecule has 0 bridgehead atoms. The van der Waals surface area contributed by atoms with Gasteiger partial charge in [0.25, 0.3) is 0 Å². The van der Waals surface area contributed by atoms with Crippen LogP contribution in [0.4, 0.5) is 0 Å². The van der Waals surface area contributed by atoms with Crippen LogP contribution in [0.15, 0.2) is 29.0 Å². The Hall–Kier alpha value is -1.55. The normalized spacial score (nSPS) is 12.9. The zero-order chi connectivity index (χ0) is 12.3. The number of nitrogens with one attached hydrogen (secondary N) is 1. The third-order valence-corrected chi connectivity index (χ3v) is 3.11. The van der Waals surface area contributed by atoms with Gasteiger partial charge in [0.05, 0.1) is 6.26 Å². The molecule has 0 aliphatic heterocycles. The van der Waals surface area contributed by atoms with Crippen molar-refractivity contribution in [2.24, 2.45) is 7.05 Å². The Balaban J connectivity index is 1.99. The van der Waals surface area contributed by atoms with Gasteiger partial charge >= 0.3 is 0 Å². The topological polar surface area (TPSA) is 43.0 Å². The van der Waals surface area contributed by atoms with Gasteiger partial charge in [0, 0.05) is 30.5 Å². The van der Waals surface area contributed by atoms with E-state index in [9.17, 15) is 0 Å². The van der Waals surface area contributed by atoms with Gasteiger partial charge in [0.1, 0.15) is 5.76 Å². The van der Waals surface area contributed by atoms with Gasteiger partial charge in [0.15, 0.2) is 0 Å². The second-order valence-corrected chi connectivity index (χ2v) is 4.32. The molecule has 0 saturated heterocycles. The molecule has 0 spiro atoms. The van der Waals surface area contributed by atoms with Gasteiger partial charge < -0.3 is 9.73 Å². The molecule has 0 aromatic carbocycles. The molecule has 1 atom stereocenters. The summed E-state index contributed by atoms with van der Waals surface area (Å²) in [5, 5.41) is 7.50. The van der Waals surface area contributed by atoms with Gasteiger partial charge in [-0.3, -0.25) is 4.68 Å². The van der Waals surface area contributed by atoms with Crippen LogP contribution in [0.5, 0.6) is 0 Å². The Bertz CT molecular complexity index is 472. The molecule has 1 unspecified atom stereocenters. The summed E-state index contributed by atoms with van der Waals surface area (Å²) in [6.45, 7) is 1.97. The number of nitrogens with zero attached hydrogens (tertiary/aromatic N) is 2. The minimum atomic E-state index is 0.336. The van der Waals surface area contributed by atoms with Gasteiger partial charge in [-0.05, 0) is 38.9 Å². The van der Waals surface area contributed by atoms with Crippen molar-refractivity contribution in [1.29, 1.82) is 0 Å². The summed E-state index contributed by atoms with van der Waals surface area (Å²) in [6.07, 6.45) is 5.71. The van der Waals surface area contributed by atoms with E-state index in [4.69, 9.17) is 4.42 Å². The third kappa shape index (κ3) is 2.77. The molecule has 2 aromatic rings. The van der Waals surface area contributed by atoms with Crippen molar-refractivity contribution in [3.05, 3.63) is 41.6 Å². The summed E-state index contributed by atoms with van der Waals surface area (Å²) >= 11 is 0. The van der Waals surface area contributed by atoms with Crippen LogP contribution < -0.4 is 5.32 Å². The smallest absolute Gasteiger partial charge is 0.101 e. The number of rotatable bonds is 5. The van der Waals surface area contributed by atoms with Crippen LogP contribution in [0, 0.1) is 6.92 Å². The molecule has 0 aliphatic carbocycles. The number of aromatic nitrogens is 2. The summed E-state index contributed by atoms with van der Waals surface area (Å²) in [6, 6.07) is 4.49. The zero-order valence-corrected chi connectivity index (χ0v) is 10.6. The predicted molar refractivity (Wildman–Crippen MR) is 66.8 cm³/mol. The first kappa shape index (κ1) is 11.9. The van der Waals surface area contributed by atoms with Crippen molar-refractivity contribution < 1.29 is 4.42 Å². The molecule has 0 radical (unpaired) electrons. The Kier molecular flexibility index (Phi) is 3.64. The van der Waals surface area contributed by atoms with Gasteiger partial charge in [-0.2, -0.15) is 5.10 Å². The standard InChI is InChI=1S/C13H19N3O/c1-10-8-11(9-17-10)13(14-2)5-4-12-6-7-15-16(12)3/h6-9,13-14H,4-5H2,1-3H3. The highest BCUT2D eigenvalue weighted by Gasteiger charge is 2.12. The maximum Gasteiger partial charge on any atom is 0.101 e. The second-order valence-electron chi connectivity index (χ2n) is 4.32. The molecule has 17 heavy (non-hydrogen) atoms. The van der Waals surface area contributed by atoms with Crippen LogP contribution in [0.2, 0.25) is 0 Å². The van der Waals surface area contributed by atoms with Gasteiger partial charge in [-0.15, -0.1) is 0 Å². The molecule has 0 aliphatic rings. The van der Waals surface area contributed by atoms with E-state index < -0.39 is 0 Å². The number of aryl methyl sites for hydroxylation is 3. The fourth-order valence-corrected chi connectivity index (χ4v) is 2.06. The van der Waals surface area contributed by atoms with Crippen molar-refractivity contribution >= 4 is 0 Å². The van der Waals surface area contributed by atoms with Crippen LogP contribution >= 0.6 is 0 Å². The van der Waals surface area contributed by atoms with Crippen LogP contribution in [-0.2, 0) is 13.5 Å². The molecule has 0 saturated carbocycles. The van der Waals surface area contributed by atoms with Crippen molar-refractivity contribution in [2.45, 2.75) is 25.8 Å². The lowest BCUT2D eigenvalue weighted by Gasteiger charge is -2.14. The van der Waals surface area contributed by atoms with Crippen molar-refractivity contribution in [1.82, 2.24) is 15.1 Å². The van der Waals surface area contributed by atoms with E-state index in [-0.39, 0.29) is 0 Å². The third-order valence-electron chi connectivity index (χ3n) is 3.11. The minimum absolute atomic E-state index is 0.336. The largest absolute Gasteiger partial charge is 0.469 e. The average Bonchev–Trinajstić information content (AvgIpc) is 2.90. The number of hydrogen-bond donors (Lipinski definition) is 1. The Morgan fingerprint density at radius 3 is 2.88 bits per heavy atom. The summed E-state index contributed by atoms with van der Waals surface area (Å²) in [5.41, 5.74) is 2.47. The molecule has 2 rings (SSSR count). The molecule has 0 fully saturated rings. The quantitative estimate of drug-likeness (QED) is 0.861. The Morgan fingerprint density at radius 2 is 2.35 bits per heavy atom. The van der Waals surface area contributed by atoms with Gasteiger partial charge in [-0.25, -0.2) is 0 Å². The van der Waals surface area contributed by atoms with E-state index in [0.717, 1.165) is 18.6 Å². The summed E-state index contributed by atoms with van der Waals surface area (Å²) < 4.78 is 7.27. The van der Waals surface area contributed by atoms with Gasteiger partial charge in [0.2, 0.25) is 0 Å². The van der Waals surface area contributed by atoms with Crippen molar-refractivity contribution in [3.63, 3.8) is 0 Å². The predicted octanol–water partition coefficient (Wildman–Crippen LogP) is 2.21. The maximum absolute atomic E-state index is 5.35. The molecule has 4 heteroatoms. The highest BCUT2D eigenvalue weighted by molar-refractivity contribution is 5.16. The summed E-state index contributed by atoms with van der Waals surface area (Å²) in [4.78, 5) is 0. The highest BCUT2D eigenvalue weighted by atomic mass is 16.3. The first-order valence-corrected chi connectivity index (χ1v) is 5.90. The van der Waals surface area contributed by atoms with E-state index in [1.54, 1.807) is 0 Å². The van der Waals surface area contributed by atoms with Crippen LogP contribution in [0.3, 0.4) is 0 Å². The fourth-order valence-electron chi connectivity index (χ4n) is 2.06. The highest BCUT2D eigenvalue weighted by Crippen LogP contribution is 2.20. The van der Waals surface area contributed by atoms with Crippen LogP contribution in [0.1, 0.15) is 29.5 Å². The monoisotopic (exact) mass is 233 g/mol. The molecular weight excluding hydrogens is 214 g/mol. The fraction of sp³-hybridized carbons (Fsp3) is 0.462. The molecule has 92 valence electrons. The average molecular weight is 233 g/mol. The molecular formula is C13H19N3O. The summed E-state index contributed by atoms with van der Waals surface area (Å²) in [7, 11) is 3.96. The molecule has 4 nitrogen and oxygen atoms in total. The first-order chi connectivity index (χ1) is 8.20. The van der Waals surface area contributed by atoms with E-state index in [0.29, 0.717) is 6.04 Å². The molecule has 0 amide bonds. The Labute approximate surface area is 102 Å². The summed E-state index contributed by atoms with van der Waals surface area (Å²) in [5.74, 6) is 0.959. The molecule has 2 aromatic heterocycles. The lowest BCUT2D eigenvalue weighted by Crippen LogP contribution is -2.17. The van der Waals surface area contributed by atoms with Gasteiger partial charge in [-0.1, -0.05) is 0 Å². The van der Waals surface area contributed by atoms with Crippen LogP contribution in [0.25, 0.3) is 0 Å². The lowest BCUT2D eigenvalue weighted by molar-refractivity contribution is 0.506. The van der Waals surface area contributed by atoms with Crippen molar-refractivity contribution in [2.75, 3.05) is 7.05 Å². The Morgan fingerprint density at radius 1 is 1.53 bits per heavy atom. The zero-order valence-electron chi connectivity index (χ0n) is 10.6. The van der Waals surface area contributed by atoms with Crippen LogP contribution in [-0.4, -0.2) is 16.8 Å². The number of hydrogen-bond acceptors (Lipinski definition) is 3. The molecule has 2 heterocycles. The van der Waals surface area contributed by atoms with E-state index in [1.165, 1.54) is 11.3 Å². The second kappa shape index (κ2) is 5.19. The van der Waals surface area contributed by atoms with E-state index in [2.05, 4.69) is 22.5 Å². The minimum Gasteiger partial charge on any atom is -0.469 e. The lowest BCUT2D eigenvalue weighted by atomic mass is 10.0. The van der Waals surface area contributed by atoms with E-state index in [1.807, 2.05) is 38.2 Å². The molecule has 1 N–H and O–H groups in total. The number of furan rings is 1. The maximum atomic E-state index is 5.35. The van der Waals surface area contributed by atoms with Crippen molar-refractivity contribution in [3.8, 4) is 0 Å². The first-order valence-electron chi connectivity index (χ1n) is 5.90. The SMILES string of the molecule is CNC(CCc1ccnn1C)c1coc(C)c1. The van der Waals surface area contributed by atoms with E-state index >= 15 is 0 Å².